The molecule has 2 aliphatic heterocycles. The number of nitrogens with one attached hydrogen (secondary N) is 2. The Kier molecular flexibility index (Phi) is 6.31. The van der Waals surface area contributed by atoms with Crippen LogP contribution in [0.15, 0.2) is 24.3 Å². The molecule has 0 radical (unpaired) electrons. The standard InChI is InChI=1S/C19H27N5O2/c1-2-21-19(25)24-13-17-11-23(12-18(14-24)26-17)9-3-8-22-16-6-4-15(10-20)5-7-16/h4-7,17-18,22H,2-3,8-9,11-14H2,1H3,(H,21,25). The van der Waals surface area contributed by atoms with Gasteiger partial charge >= 0.3 is 6.03 Å². The van der Waals surface area contributed by atoms with Crippen LogP contribution in [0.25, 0.3) is 0 Å². The molecule has 1 aromatic carbocycles. The molecule has 0 spiro atoms. The van der Waals surface area contributed by atoms with Crippen molar-refractivity contribution in [3.63, 3.8) is 0 Å². The fourth-order valence-corrected chi connectivity index (χ4v) is 3.59. The number of ether oxygens (including phenoxy) is 1. The number of carbonyl (C=O) groups excluding carboxylic acids is 1. The summed E-state index contributed by atoms with van der Waals surface area (Å²) in [5.41, 5.74) is 1.72. The number of hydrogen-bond acceptors (Lipinski definition) is 5. The van der Waals surface area contributed by atoms with Gasteiger partial charge in [0.15, 0.2) is 0 Å². The van der Waals surface area contributed by atoms with Gasteiger partial charge in [-0.15, -0.1) is 0 Å². The third-order valence-electron chi connectivity index (χ3n) is 4.77. The SMILES string of the molecule is CCNC(=O)N1CC2CN(CCCNc3ccc(C#N)cc3)CC(C1)O2. The predicted octanol–water partition coefficient (Wildman–Crippen LogP) is 1.47. The fraction of sp³-hybridized carbons (Fsp3) is 0.579. The molecule has 2 fully saturated rings. The van der Waals surface area contributed by atoms with Crippen molar-refractivity contribution in [1.82, 2.24) is 15.1 Å². The molecule has 2 aliphatic rings. The first-order valence-corrected chi connectivity index (χ1v) is 9.32. The molecule has 1 aromatic rings. The van der Waals surface area contributed by atoms with Crippen LogP contribution in [0.1, 0.15) is 18.9 Å². The van der Waals surface area contributed by atoms with E-state index < -0.39 is 0 Å². The number of hydrogen-bond donors (Lipinski definition) is 2. The van der Waals surface area contributed by atoms with E-state index in [1.54, 1.807) is 0 Å². The van der Waals surface area contributed by atoms with E-state index in [-0.39, 0.29) is 18.2 Å². The van der Waals surface area contributed by atoms with Crippen molar-refractivity contribution in [1.29, 1.82) is 5.26 Å². The molecular formula is C19H27N5O2. The van der Waals surface area contributed by atoms with E-state index in [0.717, 1.165) is 38.3 Å². The Labute approximate surface area is 154 Å². The average Bonchev–Trinajstić information content (AvgIpc) is 2.65. The van der Waals surface area contributed by atoms with Gasteiger partial charge in [0.1, 0.15) is 0 Å². The molecule has 26 heavy (non-hydrogen) atoms. The Morgan fingerprint density at radius 2 is 1.92 bits per heavy atom. The van der Waals surface area contributed by atoms with Crippen LogP contribution in [0.2, 0.25) is 0 Å². The zero-order chi connectivity index (χ0) is 18.4. The van der Waals surface area contributed by atoms with E-state index in [9.17, 15) is 4.79 Å². The third-order valence-corrected chi connectivity index (χ3v) is 4.77. The van der Waals surface area contributed by atoms with E-state index in [1.165, 1.54) is 0 Å². The van der Waals surface area contributed by atoms with E-state index in [4.69, 9.17) is 10.00 Å². The molecule has 2 saturated heterocycles. The fourth-order valence-electron chi connectivity index (χ4n) is 3.59. The molecule has 7 heteroatoms. The molecule has 140 valence electrons. The van der Waals surface area contributed by atoms with Gasteiger partial charge in [0.2, 0.25) is 0 Å². The summed E-state index contributed by atoms with van der Waals surface area (Å²) in [4.78, 5) is 16.3. The molecule has 2 bridgehead atoms. The number of fused-ring (bicyclic) bond motifs is 2. The highest BCUT2D eigenvalue weighted by Gasteiger charge is 2.36. The monoisotopic (exact) mass is 357 g/mol. The summed E-state index contributed by atoms with van der Waals surface area (Å²) in [6, 6.07) is 9.67. The van der Waals surface area contributed by atoms with E-state index in [1.807, 2.05) is 36.1 Å². The Hall–Kier alpha value is -2.30. The van der Waals surface area contributed by atoms with Gasteiger partial charge in [-0.25, -0.2) is 4.79 Å². The zero-order valence-corrected chi connectivity index (χ0v) is 15.3. The first-order chi connectivity index (χ1) is 12.7. The van der Waals surface area contributed by atoms with Gasteiger partial charge in [-0.05, 0) is 37.6 Å². The summed E-state index contributed by atoms with van der Waals surface area (Å²) in [5.74, 6) is 0. The minimum absolute atomic E-state index is 0.0193. The number of nitriles is 1. The number of amides is 2. The van der Waals surface area contributed by atoms with Crippen LogP contribution in [-0.4, -0.2) is 73.9 Å². The summed E-state index contributed by atoms with van der Waals surface area (Å²) in [6.07, 6.45) is 1.26. The van der Waals surface area contributed by atoms with Crippen molar-refractivity contribution in [3.05, 3.63) is 29.8 Å². The second kappa shape index (κ2) is 8.88. The molecular weight excluding hydrogens is 330 g/mol. The first kappa shape index (κ1) is 18.5. The smallest absolute Gasteiger partial charge is 0.317 e. The molecule has 2 amide bonds. The molecule has 2 N–H and O–H groups in total. The summed E-state index contributed by atoms with van der Waals surface area (Å²) < 4.78 is 6.00. The maximum absolute atomic E-state index is 12.0. The van der Waals surface area contributed by atoms with Crippen LogP contribution < -0.4 is 10.6 Å². The minimum Gasteiger partial charge on any atom is -0.385 e. The van der Waals surface area contributed by atoms with Gasteiger partial charge < -0.3 is 20.3 Å². The van der Waals surface area contributed by atoms with Crippen molar-refractivity contribution in [3.8, 4) is 6.07 Å². The molecule has 0 aromatic heterocycles. The van der Waals surface area contributed by atoms with Crippen LogP contribution in [0.5, 0.6) is 0 Å². The van der Waals surface area contributed by atoms with Gasteiger partial charge in [0, 0.05) is 51.5 Å². The van der Waals surface area contributed by atoms with Gasteiger partial charge in [-0.1, -0.05) is 0 Å². The third kappa shape index (κ3) is 4.87. The molecule has 3 rings (SSSR count). The number of nitrogens with zero attached hydrogens (tertiary/aromatic N) is 3. The van der Waals surface area contributed by atoms with Crippen molar-refractivity contribution in [2.24, 2.45) is 0 Å². The second-order valence-corrected chi connectivity index (χ2v) is 6.85. The lowest BCUT2D eigenvalue weighted by Crippen LogP contribution is -2.61. The normalized spacial score (nSPS) is 22.5. The Morgan fingerprint density at radius 3 is 2.54 bits per heavy atom. The Morgan fingerprint density at radius 1 is 1.23 bits per heavy atom. The molecule has 7 nitrogen and oxygen atoms in total. The summed E-state index contributed by atoms with van der Waals surface area (Å²) in [7, 11) is 0. The van der Waals surface area contributed by atoms with Gasteiger partial charge in [-0.3, -0.25) is 4.90 Å². The lowest BCUT2D eigenvalue weighted by molar-refractivity contribution is -0.128. The van der Waals surface area contributed by atoms with Crippen molar-refractivity contribution in [2.75, 3.05) is 51.1 Å². The largest absolute Gasteiger partial charge is 0.385 e. The second-order valence-electron chi connectivity index (χ2n) is 6.85. The molecule has 2 unspecified atom stereocenters. The first-order valence-electron chi connectivity index (χ1n) is 9.32. The van der Waals surface area contributed by atoms with Crippen LogP contribution in [0.3, 0.4) is 0 Å². The van der Waals surface area contributed by atoms with Crippen LogP contribution >= 0.6 is 0 Å². The van der Waals surface area contributed by atoms with Gasteiger partial charge in [0.05, 0.1) is 23.8 Å². The minimum atomic E-state index is 0.0193. The highest BCUT2D eigenvalue weighted by atomic mass is 16.5. The van der Waals surface area contributed by atoms with E-state index >= 15 is 0 Å². The van der Waals surface area contributed by atoms with E-state index in [0.29, 0.717) is 25.2 Å². The van der Waals surface area contributed by atoms with Crippen molar-refractivity contribution >= 4 is 11.7 Å². The van der Waals surface area contributed by atoms with Crippen LogP contribution in [-0.2, 0) is 4.74 Å². The number of anilines is 1. The number of morpholine rings is 2. The topological polar surface area (TPSA) is 80.6 Å². The van der Waals surface area contributed by atoms with Crippen molar-refractivity contribution < 1.29 is 9.53 Å². The quantitative estimate of drug-likeness (QED) is 0.754. The average molecular weight is 357 g/mol. The zero-order valence-electron chi connectivity index (χ0n) is 15.3. The number of rotatable bonds is 6. The molecule has 0 aliphatic carbocycles. The number of carbonyl (C=O) groups is 1. The number of urea groups is 1. The summed E-state index contributed by atoms with van der Waals surface area (Å²) >= 11 is 0. The Balaban J connectivity index is 1.38. The van der Waals surface area contributed by atoms with Gasteiger partial charge in [0.25, 0.3) is 0 Å². The van der Waals surface area contributed by atoms with Crippen LogP contribution in [0, 0.1) is 11.3 Å². The maximum Gasteiger partial charge on any atom is 0.317 e. The van der Waals surface area contributed by atoms with Crippen molar-refractivity contribution in [2.45, 2.75) is 25.6 Å². The molecule has 2 heterocycles. The number of benzene rings is 1. The van der Waals surface area contributed by atoms with Gasteiger partial charge in [-0.2, -0.15) is 5.26 Å². The summed E-state index contributed by atoms with van der Waals surface area (Å²) in [6.45, 7) is 7.60. The lowest BCUT2D eigenvalue weighted by atomic mass is 10.1. The summed E-state index contributed by atoms with van der Waals surface area (Å²) in [5, 5.41) is 15.1. The Bertz CT molecular complexity index is 628. The van der Waals surface area contributed by atoms with E-state index in [2.05, 4.69) is 21.6 Å². The predicted molar refractivity (Wildman–Crippen MR) is 100 cm³/mol. The van der Waals surface area contributed by atoms with Crippen LogP contribution in [0.4, 0.5) is 10.5 Å². The maximum atomic E-state index is 12.0. The molecule has 0 saturated carbocycles. The highest BCUT2D eigenvalue weighted by molar-refractivity contribution is 5.74. The lowest BCUT2D eigenvalue weighted by Gasteiger charge is -2.45. The highest BCUT2D eigenvalue weighted by Crippen LogP contribution is 2.19. The molecule has 2 atom stereocenters.